The molecule has 0 amide bonds. The smallest absolute Gasteiger partial charge is 0.227 e. The second-order valence-corrected chi connectivity index (χ2v) is 6.91. The van der Waals surface area contributed by atoms with Crippen LogP contribution in [-0.4, -0.2) is 47.4 Å². The largest absolute Gasteiger partial charge is 0.393 e. The SMILES string of the molecule is Cc1cc(N2C[C@H]3CC(O)C[C@H]3C2)nc(N2CCCC2)n1. The van der Waals surface area contributed by atoms with Gasteiger partial charge in [-0.3, -0.25) is 0 Å². The van der Waals surface area contributed by atoms with Crippen LogP contribution in [0.15, 0.2) is 6.07 Å². The Labute approximate surface area is 126 Å². The van der Waals surface area contributed by atoms with Crippen LogP contribution in [0.2, 0.25) is 0 Å². The van der Waals surface area contributed by atoms with Crippen LogP contribution in [0.1, 0.15) is 31.4 Å². The molecule has 5 heteroatoms. The van der Waals surface area contributed by atoms with E-state index in [4.69, 9.17) is 4.98 Å². The van der Waals surface area contributed by atoms with Gasteiger partial charge in [0.15, 0.2) is 0 Å². The topological polar surface area (TPSA) is 52.5 Å². The molecule has 3 fully saturated rings. The van der Waals surface area contributed by atoms with Gasteiger partial charge in [0.25, 0.3) is 0 Å². The highest BCUT2D eigenvalue weighted by molar-refractivity contribution is 5.47. The van der Waals surface area contributed by atoms with Crippen LogP contribution in [0.3, 0.4) is 0 Å². The van der Waals surface area contributed by atoms with Crippen molar-refractivity contribution in [2.45, 2.75) is 38.7 Å². The van der Waals surface area contributed by atoms with Crippen LogP contribution >= 0.6 is 0 Å². The summed E-state index contributed by atoms with van der Waals surface area (Å²) in [5.74, 6) is 3.27. The minimum atomic E-state index is -0.0746. The van der Waals surface area contributed by atoms with Gasteiger partial charge in [-0.25, -0.2) is 4.98 Å². The van der Waals surface area contributed by atoms with Crippen LogP contribution < -0.4 is 9.80 Å². The van der Waals surface area contributed by atoms with Gasteiger partial charge in [-0.2, -0.15) is 4.98 Å². The maximum absolute atomic E-state index is 9.77. The van der Waals surface area contributed by atoms with Gasteiger partial charge in [0.1, 0.15) is 5.82 Å². The summed E-state index contributed by atoms with van der Waals surface area (Å²) in [5, 5.41) is 9.77. The summed E-state index contributed by atoms with van der Waals surface area (Å²) in [6.07, 6.45) is 4.35. The zero-order valence-electron chi connectivity index (χ0n) is 12.7. The van der Waals surface area contributed by atoms with Gasteiger partial charge in [0, 0.05) is 37.9 Å². The number of hydrogen-bond donors (Lipinski definition) is 1. The van der Waals surface area contributed by atoms with Gasteiger partial charge >= 0.3 is 0 Å². The predicted octanol–water partition coefficient (Wildman–Crippen LogP) is 1.59. The lowest BCUT2D eigenvalue weighted by atomic mass is 10.0. The number of aromatic nitrogens is 2. The maximum Gasteiger partial charge on any atom is 0.227 e. The molecule has 0 aromatic carbocycles. The van der Waals surface area contributed by atoms with E-state index in [0.717, 1.165) is 56.5 Å². The molecule has 3 heterocycles. The fourth-order valence-electron chi connectivity index (χ4n) is 4.21. The fourth-order valence-corrected chi connectivity index (χ4v) is 4.21. The summed E-state index contributed by atoms with van der Waals surface area (Å²) in [7, 11) is 0. The van der Waals surface area contributed by atoms with Crippen LogP contribution in [0.4, 0.5) is 11.8 Å². The van der Waals surface area contributed by atoms with E-state index >= 15 is 0 Å². The number of rotatable bonds is 2. The average Bonchev–Trinajstić information content (AvgIpc) is 3.12. The molecule has 1 N–H and O–H groups in total. The van der Waals surface area contributed by atoms with E-state index < -0.39 is 0 Å². The van der Waals surface area contributed by atoms with E-state index in [1.165, 1.54) is 12.8 Å². The van der Waals surface area contributed by atoms with E-state index in [1.807, 2.05) is 0 Å². The molecule has 21 heavy (non-hydrogen) atoms. The van der Waals surface area contributed by atoms with Gasteiger partial charge in [0.05, 0.1) is 6.10 Å². The summed E-state index contributed by atoms with van der Waals surface area (Å²) < 4.78 is 0. The first-order chi connectivity index (χ1) is 10.2. The first kappa shape index (κ1) is 13.3. The molecule has 114 valence electrons. The molecule has 3 aliphatic rings. The van der Waals surface area contributed by atoms with Gasteiger partial charge < -0.3 is 14.9 Å². The Kier molecular flexibility index (Phi) is 3.25. The zero-order valence-corrected chi connectivity index (χ0v) is 12.7. The number of fused-ring (bicyclic) bond motifs is 1. The Bertz CT molecular complexity index is 515. The molecule has 4 rings (SSSR count). The molecule has 3 atom stereocenters. The zero-order chi connectivity index (χ0) is 14.4. The fraction of sp³-hybridized carbons (Fsp3) is 0.750. The van der Waals surface area contributed by atoms with Crippen molar-refractivity contribution in [2.75, 3.05) is 36.0 Å². The summed E-state index contributed by atoms with van der Waals surface area (Å²) in [5.41, 5.74) is 1.05. The molecule has 0 spiro atoms. The maximum atomic E-state index is 9.77. The van der Waals surface area contributed by atoms with Crippen molar-refractivity contribution in [3.8, 4) is 0 Å². The third-order valence-electron chi connectivity index (χ3n) is 5.27. The molecule has 1 unspecified atom stereocenters. The number of anilines is 2. The standard InChI is InChI=1S/C16H24N4O/c1-11-6-15(18-16(17-11)19-4-2-3-5-19)20-9-12-7-14(21)8-13(12)10-20/h6,12-14,21H,2-5,7-10H2,1H3/t12-,13+,14?. The number of nitrogens with zero attached hydrogens (tertiary/aromatic N) is 4. The lowest BCUT2D eigenvalue weighted by Gasteiger charge is -2.22. The van der Waals surface area contributed by atoms with Crippen molar-refractivity contribution in [1.82, 2.24) is 9.97 Å². The Balaban J connectivity index is 1.55. The molecular formula is C16H24N4O. The van der Waals surface area contributed by atoms with Crippen LogP contribution in [0.25, 0.3) is 0 Å². The monoisotopic (exact) mass is 288 g/mol. The molecule has 0 bridgehead atoms. The number of aliphatic hydroxyl groups is 1. The van der Waals surface area contributed by atoms with E-state index in [2.05, 4.69) is 27.8 Å². The first-order valence-corrected chi connectivity index (χ1v) is 8.22. The number of aliphatic hydroxyl groups excluding tert-OH is 1. The predicted molar refractivity (Wildman–Crippen MR) is 82.6 cm³/mol. The second kappa shape index (κ2) is 5.13. The summed E-state index contributed by atoms with van der Waals surface area (Å²) in [6.45, 7) is 6.31. The lowest BCUT2D eigenvalue weighted by Crippen LogP contribution is -2.26. The molecule has 2 saturated heterocycles. The molecule has 5 nitrogen and oxygen atoms in total. The summed E-state index contributed by atoms with van der Waals surface area (Å²) in [6, 6.07) is 2.11. The van der Waals surface area contributed by atoms with Crippen molar-refractivity contribution < 1.29 is 5.11 Å². The summed E-state index contributed by atoms with van der Waals surface area (Å²) >= 11 is 0. The Morgan fingerprint density at radius 1 is 1.05 bits per heavy atom. The lowest BCUT2D eigenvalue weighted by molar-refractivity contribution is 0.174. The normalized spacial score (nSPS) is 32.0. The molecule has 2 aliphatic heterocycles. The van der Waals surface area contributed by atoms with Gasteiger partial charge in [-0.05, 0) is 44.4 Å². The molecule has 1 aliphatic carbocycles. The van der Waals surface area contributed by atoms with Gasteiger partial charge in [-0.1, -0.05) is 0 Å². The quantitative estimate of drug-likeness (QED) is 0.895. The van der Waals surface area contributed by atoms with E-state index in [1.54, 1.807) is 0 Å². The third kappa shape index (κ3) is 2.48. The van der Waals surface area contributed by atoms with Crippen molar-refractivity contribution in [2.24, 2.45) is 11.8 Å². The molecule has 1 aromatic rings. The molecular weight excluding hydrogens is 264 g/mol. The van der Waals surface area contributed by atoms with E-state index in [-0.39, 0.29) is 6.10 Å². The summed E-state index contributed by atoms with van der Waals surface area (Å²) in [4.78, 5) is 14.1. The highest BCUT2D eigenvalue weighted by atomic mass is 16.3. The highest BCUT2D eigenvalue weighted by Crippen LogP contribution is 2.39. The van der Waals surface area contributed by atoms with Crippen LogP contribution in [0, 0.1) is 18.8 Å². The van der Waals surface area contributed by atoms with E-state index in [0.29, 0.717) is 11.8 Å². The van der Waals surface area contributed by atoms with Crippen molar-refractivity contribution in [1.29, 1.82) is 0 Å². The highest BCUT2D eigenvalue weighted by Gasteiger charge is 2.40. The molecule has 0 radical (unpaired) electrons. The Morgan fingerprint density at radius 3 is 2.38 bits per heavy atom. The van der Waals surface area contributed by atoms with Crippen LogP contribution in [-0.2, 0) is 0 Å². The van der Waals surface area contributed by atoms with Gasteiger partial charge in [-0.15, -0.1) is 0 Å². The average molecular weight is 288 g/mol. The van der Waals surface area contributed by atoms with Crippen molar-refractivity contribution >= 4 is 11.8 Å². The number of aryl methyl sites for hydroxylation is 1. The number of hydrogen-bond acceptors (Lipinski definition) is 5. The van der Waals surface area contributed by atoms with E-state index in [9.17, 15) is 5.11 Å². The minimum Gasteiger partial charge on any atom is -0.393 e. The van der Waals surface area contributed by atoms with Crippen LogP contribution in [0.5, 0.6) is 0 Å². The van der Waals surface area contributed by atoms with Crippen molar-refractivity contribution in [3.63, 3.8) is 0 Å². The molecule has 1 aromatic heterocycles. The van der Waals surface area contributed by atoms with Gasteiger partial charge in [0.2, 0.25) is 5.95 Å². The van der Waals surface area contributed by atoms with Crippen molar-refractivity contribution in [3.05, 3.63) is 11.8 Å². The third-order valence-corrected chi connectivity index (χ3v) is 5.27. The second-order valence-electron chi connectivity index (χ2n) is 6.91. The Morgan fingerprint density at radius 2 is 1.71 bits per heavy atom. The Hall–Kier alpha value is -1.36. The first-order valence-electron chi connectivity index (χ1n) is 8.22. The minimum absolute atomic E-state index is 0.0746. The molecule has 1 saturated carbocycles.